The molecule has 0 aliphatic heterocycles. The topological polar surface area (TPSA) is 48.8 Å². The number of rotatable bonds is 11. The van der Waals surface area contributed by atoms with Gasteiger partial charge in [-0.25, -0.2) is 9.98 Å². The highest BCUT2D eigenvalue weighted by molar-refractivity contribution is 7.88. The van der Waals surface area contributed by atoms with Crippen LogP contribution in [0.2, 0.25) is 0 Å². The van der Waals surface area contributed by atoms with Crippen LogP contribution in [0.3, 0.4) is 0 Å². The number of aliphatic imine (C=N–C) groups is 2. The van der Waals surface area contributed by atoms with E-state index in [0.29, 0.717) is 0 Å². The minimum atomic E-state index is -1.01. The van der Waals surface area contributed by atoms with E-state index >= 15 is 0 Å². The van der Waals surface area contributed by atoms with Gasteiger partial charge in [0.15, 0.2) is 0 Å². The van der Waals surface area contributed by atoms with Crippen LogP contribution in [0.25, 0.3) is 0 Å². The molecule has 0 saturated carbocycles. The molecule has 0 aliphatic carbocycles. The SMILES string of the molecule is CCc1cccc(C)c1N/C(=N\c1ccc(/N=C(\Nc2c(C)cccc2P)P(c2ccccc2)c2ccccc2)cc1)P(c1ccccc1)c1ccccc1. The van der Waals surface area contributed by atoms with Crippen molar-refractivity contribution in [3.63, 3.8) is 0 Å². The summed E-state index contributed by atoms with van der Waals surface area (Å²) in [4.78, 5) is 10.8. The molecule has 0 spiro atoms. The first-order valence-corrected chi connectivity index (χ1v) is 21.8. The number of para-hydroxylation sites is 2. The summed E-state index contributed by atoms with van der Waals surface area (Å²) < 4.78 is 0. The number of aryl methyl sites for hydroxylation is 3. The molecule has 7 heteroatoms. The molecule has 272 valence electrons. The van der Waals surface area contributed by atoms with Crippen molar-refractivity contribution in [1.29, 1.82) is 0 Å². The molecule has 0 saturated heterocycles. The van der Waals surface area contributed by atoms with Gasteiger partial charge >= 0.3 is 0 Å². The fourth-order valence-corrected chi connectivity index (χ4v) is 11.2. The van der Waals surface area contributed by atoms with Crippen molar-refractivity contribution >= 4 is 85.5 Å². The van der Waals surface area contributed by atoms with Gasteiger partial charge in [0.25, 0.3) is 0 Å². The van der Waals surface area contributed by atoms with E-state index in [2.05, 4.69) is 223 Å². The monoisotopic (exact) mass is 770 g/mol. The maximum atomic E-state index is 5.44. The molecule has 7 aromatic carbocycles. The van der Waals surface area contributed by atoms with Gasteiger partial charge in [0, 0.05) is 27.2 Å². The molecular formula is C48H45N4P3. The molecule has 0 aliphatic rings. The lowest BCUT2D eigenvalue weighted by Crippen LogP contribution is -2.25. The summed E-state index contributed by atoms with van der Waals surface area (Å²) in [5, 5.41) is 13.7. The highest BCUT2D eigenvalue weighted by Gasteiger charge is 2.24. The fourth-order valence-electron chi connectivity index (χ4n) is 6.50. The van der Waals surface area contributed by atoms with Gasteiger partial charge in [-0.15, -0.1) is 9.24 Å². The van der Waals surface area contributed by atoms with Crippen LogP contribution < -0.4 is 37.2 Å². The molecule has 1 unspecified atom stereocenters. The Hall–Kier alpha value is -5.23. The third-order valence-electron chi connectivity index (χ3n) is 9.32. The van der Waals surface area contributed by atoms with Crippen LogP contribution in [0.5, 0.6) is 0 Å². The van der Waals surface area contributed by atoms with Gasteiger partial charge in [0.1, 0.15) is 11.2 Å². The van der Waals surface area contributed by atoms with Crippen molar-refractivity contribution < 1.29 is 0 Å². The van der Waals surface area contributed by atoms with Gasteiger partial charge < -0.3 is 10.6 Å². The Morgan fingerprint density at radius 2 is 0.818 bits per heavy atom. The van der Waals surface area contributed by atoms with E-state index in [0.717, 1.165) is 51.2 Å². The maximum Gasteiger partial charge on any atom is 0.138 e. The molecule has 7 rings (SSSR count). The van der Waals surface area contributed by atoms with Gasteiger partial charge in [0.2, 0.25) is 0 Å². The Balaban J connectivity index is 1.34. The molecule has 0 heterocycles. The molecule has 0 fully saturated rings. The molecule has 1 atom stereocenters. The molecule has 0 amide bonds. The lowest BCUT2D eigenvalue weighted by molar-refractivity contribution is 1.13. The molecule has 55 heavy (non-hydrogen) atoms. The molecule has 2 N–H and O–H groups in total. The van der Waals surface area contributed by atoms with Crippen LogP contribution in [-0.2, 0) is 6.42 Å². The minimum Gasteiger partial charge on any atom is -0.339 e. The van der Waals surface area contributed by atoms with Gasteiger partial charge in [-0.05, 0) is 87.7 Å². The minimum absolute atomic E-state index is 0.856. The number of nitrogens with one attached hydrogen (secondary N) is 2. The first-order valence-electron chi connectivity index (χ1n) is 18.5. The van der Waals surface area contributed by atoms with E-state index in [1.165, 1.54) is 32.3 Å². The summed E-state index contributed by atoms with van der Waals surface area (Å²) >= 11 is 0. The normalized spacial score (nSPS) is 11.9. The second-order valence-corrected chi connectivity index (χ2v) is 18.0. The van der Waals surface area contributed by atoms with Crippen molar-refractivity contribution in [3.05, 3.63) is 199 Å². The number of hydrogen-bond donors (Lipinski definition) is 2. The third-order valence-corrected chi connectivity index (χ3v) is 14.3. The van der Waals surface area contributed by atoms with E-state index in [-0.39, 0.29) is 0 Å². The van der Waals surface area contributed by atoms with E-state index in [4.69, 9.17) is 9.98 Å². The van der Waals surface area contributed by atoms with Crippen LogP contribution in [0.4, 0.5) is 22.7 Å². The first kappa shape index (κ1) is 38.1. The molecule has 7 aromatic rings. The second kappa shape index (κ2) is 18.4. The van der Waals surface area contributed by atoms with E-state index in [9.17, 15) is 0 Å². The predicted molar refractivity (Wildman–Crippen MR) is 247 cm³/mol. The molecular weight excluding hydrogens is 725 g/mol. The first-order chi connectivity index (χ1) is 27.0. The molecule has 0 aromatic heterocycles. The van der Waals surface area contributed by atoms with Crippen molar-refractivity contribution in [2.45, 2.75) is 27.2 Å². The van der Waals surface area contributed by atoms with E-state index in [1.807, 2.05) is 0 Å². The number of benzene rings is 7. The zero-order valence-electron chi connectivity index (χ0n) is 31.4. The Bertz CT molecular complexity index is 2280. The summed E-state index contributed by atoms with van der Waals surface area (Å²) in [6.45, 7) is 6.51. The van der Waals surface area contributed by atoms with Crippen molar-refractivity contribution in [3.8, 4) is 0 Å². The Morgan fingerprint density at radius 1 is 0.455 bits per heavy atom. The highest BCUT2D eigenvalue weighted by atomic mass is 31.1. The van der Waals surface area contributed by atoms with Gasteiger partial charge in [-0.1, -0.05) is 165 Å². The molecule has 0 bridgehead atoms. The summed E-state index contributed by atoms with van der Waals surface area (Å²) in [5.74, 6) is 0. The smallest absolute Gasteiger partial charge is 0.138 e. The average molecular weight is 771 g/mol. The zero-order valence-corrected chi connectivity index (χ0v) is 34.3. The largest absolute Gasteiger partial charge is 0.339 e. The zero-order chi connectivity index (χ0) is 38.0. The summed E-state index contributed by atoms with van der Waals surface area (Å²) in [6.07, 6.45) is 0.921. The highest BCUT2D eigenvalue weighted by Crippen LogP contribution is 2.40. The van der Waals surface area contributed by atoms with E-state index in [1.54, 1.807) is 0 Å². The number of nitrogens with zero attached hydrogens (tertiary/aromatic N) is 2. The number of anilines is 2. The lowest BCUT2D eigenvalue weighted by Gasteiger charge is -2.24. The van der Waals surface area contributed by atoms with Gasteiger partial charge in [-0.3, -0.25) is 0 Å². The standard InChI is InChI=1S/C48H45N4P3/c1-4-37-21-17-19-35(2)45(37)51-47(54(40-22-9-5-10-23-40)41-24-11-6-12-25-41)49-38-31-33-39(34-32-38)50-48(52-46-36(3)20-18-30-44(46)53)55(42-26-13-7-14-27-42)43-28-15-8-16-29-43/h5-34H,4,53H2,1-3H3,(H,49,51)(H,50,52). The Labute approximate surface area is 330 Å². The molecule has 0 radical (unpaired) electrons. The van der Waals surface area contributed by atoms with Crippen LogP contribution in [0.1, 0.15) is 23.6 Å². The Morgan fingerprint density at radius 3 is 1.20 bits per heavy atom. The van der Waals surface area contributed by atoms with Gasteiger partial charge in [0.05, 0.1) is 11.4 Å². The van der Waals surface area contributed by atoms with Crippen LogP contribution >= 0.6 is 25.1 Å². The Kier molecular flexibility index (Phi) is 12.7. The number of amidine groups is 2. The van der Waals surface area contributed by atoms with Crippen LogP contribution in [0, 0.1) is 13.8 Å². The van der Waals surface area contributed by atoms with Crippen LogP contribution in [0.15, 0.2) is 192 Å². The second-order valence-electron chi connectivity index (χ2n) is 13.2. The van der Waals surface area contributed by atoms with Crippen LogP contribution in [-0.4, -0.2) is 11.2 Å². The summed E-state index contributed by atoms with van der Waals surface area (Å²) in [6, 6.07) is 64.1. The van der Waals surface area contributed by atoms with Crippen molar-refractivity contribution in [1.82, 2.24) is 0 Å². The quantitative estimate of drug-likeness (QED) is 0.0782. The average Bonchev–Trinajstić information content (AvgIpc) is 3.22. The summed E-state index contributed by atoms with van der Waals surface area (Å²) in [7, 11) is 0.872. The lowest BCUT2D eigenvalue weighted by atomic mass is 10.1. The molecule has 4 nitrogen and oxygen atoms in total. The van der Waals surface area contributed by atoms with E-state index < -0.39 is 15.8 Å². The third kappa shape index (κ3) is 9.36. The van der Waals surface area contributed by atoms with Gasteiger partial charge in [-0.2, -0.15) is 0 Å². The maximum absolute atomic E-state index is 5.44. The van der Waals surface area contributed by atoms with Crippen molar-refractivity contribution in [2.24, 2.45) is 9.98 Å². The summed E-state index contributed by atoms with van der Waals surface area (Å²) in [5.41, 5.74) is 9.37. The fraction of sp³-hybridized carbons (Fsp3) is 0.0833. The predicted octanol–water partition coefficient (Wildman–Crippen LogP) is 10.8. The van der Waals surface area contributed by atoms with Crippen molar-refractivity contribution in [2.75, 3.05) is 10.6 Å². The number of hydrogen-bond acceptors (Lipinski definition) is 2.